The maximum atomic E-state index is 5.23. The fraction of sp³-hybridized carbons (Fsp3) is 0.700. The summed E-state index contributed by atoms with van der Waals surface area (Å²) in [5.41, 5.74) is 2.49. The summed E-state index contributed by atoms with van der Waals surface area (Å²) in [7, 11) is 3.65. The van der Waals surface area contributed by atoms with Gasteiger partial charge < -0.3 is 10.1 Å². The Morgan fingerprint density at radius 3 is 2.86 bits per heavy atom. The SMILES string of the molecule is COc1nn(C)c2c1CNC2C(C)C. The molecular formula is C10H17N3O. The van der Waals surface area contributed by atoms with Gasteiger partial charge in [-0.25, -0.2) is 0 Å². The van der Waals surface area contributed by atoms with Gasteiger partial charge in [0.05, 0.1) is 24.4 Å². The monoisotopic (exact) mass is 195 g/mol. The molecule has 0 radical (unpaired) electrons. The molecule has 1 aliphatic rings. The molecule has 1 aromatic heterocycles. The van der Waals surface area contributed by atoms with Gasteiger partial charge in [-0.05, 0) is 5.92 Å². The Bertz CT molecular complexity index is 343. The fourth-order valence-corrected chi connectivity index (χ4v) is 2.13. The minimum Gasteiger partial charge on any atom is -0.480 e. The van der Waals surface area contributed by atoms with Gasteiger partial charge in [0.1, 0.15) is 0 Å². The van der Waals surface area contributed by atoms with Crippen LogP contribution in [0.25, 0.3) is 0 Å². The van der Waals surface area contributed by atoms with E-state index in [0.717, 1.165) is 12.4 Å². The van der Waals surface area contributed by atoms with Gasteiger partial charge in [0.25, 0.3) is 0 Å². The molecule has 0 aliphatic carbocycles. The van der Waals surface area contributed by atoms with E-state index in [1.54, 1.807) is 7.11 Å². The van der Waals surface area contributed by atoms with Gasteiger partial charge in [0, 0.05) is 13.6 Å². The van der Waals surface area contributed by atoms with Crippen LogP contribution in [0.4, 0.5) is 0 Å². The summed E-state index contributed by atoms with van der Waals surface area (Å²) in [6.07, 6.45) is 0. The highest BCUT2D eigenvalue weighted by Gasteiger charge is 2.31. The van der Waals surface area contributed by atoms with Gasteiger partial charge >= 0.3 is 0 Å². The Labute approximate surface area is 84.3 Å². The summed E-state index contributed by atoms with van der Waals surface area (Å²) in [6.45, 7) is 5.30. The van der Waals surface area contributed by atoms with Crippen LogP contribution in [0, 0.1) is 5.92 Å². The smallest absolute Gasteiger partial charge is 0.237 e. The van der Waals surface area contributed by atoms with Crippen molar-refractivity contribution in [2.24, 2.45) is 13.0 Å². The Hall–Kier alpha value is -1.03. The van der Waals surface area contributed by atoms with Crippen LogP contribution in [-0.2, 0) is 13.6 Å². The number of nitrogens with zero attached hydrogens (tertiary/aromatic N) is 2. The van der Waals surface area contributed by atoms with E-state index < -0.39 is 0 Å². The number of hydrogen-bond acceptors (Lipinski definition) is 3. The largest absolute Gasteiger partial charge is 0.480 e. The molecule has 1 atom stereocenters. The van der Waals surface area contributed by atoms with E-state index in [9.17, 15) is 0 Å². The maximum absolute atomic E-state index is 5.23. The summed E-state index contributed by atoms with van der Waals surface area (Å²) >= 11 is 0. The average molecular weight is 195 g/mol. The van der Waals surface area contributed by atoms with Crippen molar-refractivity contribution < 1.29 is 4.74 Å². The zero-order valence-electron chi connectivity index (χ0n) is 9.16. The molecule has 78 valence electrons. The number of ether oxygens (including phenoxy) is 1. The molecule has 0 saturated heterocycles. The average Bonchev–Trinajstić information content (AvgIpc) is 2.67. The Morgan fingerprint density at radius 1 is 1.57 bits per heavy atom. The van der Waals surface area contributed by atoms with Gasteiger partial charge in [-0.15, -0.1) is 5.10 Å². The molecule has 1 aromatic rings. The topological polar surface area (TPSA) is 39.1 Å². The molecule has 1 unspecified atom stereocenters. The molecule has 0 aromatic carbocycles. The number of aromatic nitrogens is 2. The molecule has 2 rings (SSSR count). The van der Waals surface area contributed by atoms with Crippen LogP contribution in [-0.4, -0.2) is 16.9 Å². The molecule has 0 spiro atoms. The van der Waals surface area contributed by atoms with E-state index in [1.165, 1.54) is 11.3 Å². The molecule has 0 fully saturated rings. The lowest BCUT2D eigenvalue weighted by molar-refractivity contribution is 0.376. The van der Waals surface area contributed by atoms with Crippen molar-refractivity contribution in [2.75, 3.05) is 7.11 Å². The van der Waals surface area contributed by atoms with Crippen molar-refractivity contribution in [2.45, 2.75) is 26.4 Å². The zero-order chi connectivity index (χ0) is 10.3. The minimum absolute atomic E-state index is 0.409. The Morgan fingerprint density at radius 2 is 2.29 bits per heavy atom. The molecule has 2 heterocycles. The Kier molecular flexibility index (Phi) is 2.23. The third-order valence-electron chi connectivity index (χ3n) is 2.81. The van der Waals surface area contributed by atoms with Crippen molar-refractivity contribution in [1.82, 2.24) is 15.1 Å². The molecule has 0 saturated carbocycles. The number of nitrogens with one attached hydrogen (secondary N) is 1. The highest BCUT2D eigenvalue weighted by Crippen LogP contribution is 2.35. The summed E-state index contributed by atoms with van der Waals surface area (Å²) in [6, 6.07) is 0.409. The van der Waals surface area contributed by atoms with E-state index in [4.69, 9.17) is 4.74 Å². The van der Waals surface area contributed by atoms with Gasteiger partial charge in [0.2, 0.25) is 5.88 Å². The molecule has 1 N–H and O–H groups in total. The van der Waals surface area contributed by atoms with Crippen LogP contribution in [0.2, 0.25) is 0 Å². The Balaban J connectivity index is 2.44. The first-order chi connectivity index (χ1) is 6.65. The van der Waals surface area contributed by atoms with Crippen LogP contribution >= 0.6 is 0 Å². The van der Waals surface area contributed by atoms with Crippen molar-refractivity contribution >= 4 is 0 Å². The van der Waals surface area contributed by atoms with Crippen LogP contribution in [0.3, 0.4) is 0 Å². The first kappa shape index (κ1) is 9.52. The predicted molar refractivity (Wildman–Crippen MR) is 54.2 cm³/mol. The summed E-state index contributed by atoms with van der Waals surface area (Å²) in [4.78, 5) is 0. The fourth-order valence-electron chi connectivity index (χ4n) is 2.13. The highest BCUT2D eigenvalue weighted by atomic mass is 16.5. The summed E-state index contributed by atoms with van der Waals surface area (Å²) in [5.74, 6) is 1.34. The van der Waals surface area contributed by atoms with Gasteiger partial charge in [0.15, 0.2) is 0 Å². The molecule has 14 heavy (non-hydrogen) atoms. The molecule has 4 heteroatoms. The molecule has 1 aliphatic heterocycles. The summed E-state index contributed by atoms with van der Waals surface area (Å²) < 4.78 is 7.16. The lowest BCUT2D eigenvalue weighted by atomic mass is 10.0. The molecule has 4 nitrogen and oxygen atoms in total. The quantitative estimate of drug-likeness (QED) is 0.771. The van der Waals surface area contributed by atoms with Gasteiger partial charge in [-0.2, -0.15) is 0 Å². The number of rotatable bonds is 2. The third kappa shape index (κ3) is 1.21. The minimum atomic E-state index is 0.409. The van der Waals surface area contributed by atoms with Crippen LogP contribution in [0.5, 0.6) is 5.88 Å². The number of methoxy groups -OCH3 is 1. The maximum Gasteiger partial charge on any atom is 0.237 e. The zero-order valence-corrected chi connectivity index (χ0v) is 9.16. The molecule has 0 amide bonds. The number of aryl methyl sites for hydroxylation is 1. The van der Waals surface area contributed by atoms with Crippen LogP contribution in [0.15, 0.2) is 0 Å². The number of fused-ring (bicyclic) bond motifs is 1. The first-order valence-corrected chi connectivity index (χ1v) is 4.98. The second kappa shape index (κ2) is 3.28. The van der Waals surface area contributed by atoms with Crippen LogP contribution in [0.1, 0.15) is 31.1 Å². The van der Waals surface area contributed by atoms with E-state index >= 15 is 0 Å². The predicted octanol–water partition coefficient (Wildman–Crippen LogP) is 1.23. The van der Waals surface area contributed by atoms with E-state index in [-0.39, 0.29) is 0 Å². The van der Waals surface area contributed by atoms with Crippen molar-refractivity contribution in [1.29, 1.82) is 0 Å². The van der Waals surface area contributed by atoms with E-state index in [2.05, 4.69) is 24.3 Å². The van der Waals surface area contributed by atoms with E-state index in [1.807, 2.05) is 11.7 Å². The molecule has 0 bridgehead atoms. The second-order valence-electron chi connectivity index (χ2n) is 4.10. The third-order valence-corrected chi connectivity index (χ3v) is 2.81. The standard InChI is InChI=1S/C10H17N3O/c1-6(2)8-9-7(5-11-8)10(14-4)12-13(9)3/h6,8,11H,5H2,1-4H3. The normalized spacial score (nSPS) is 20.2. The lowest BCUT2D eigenvalue weighted by Crippen LogP contribution is -2.20. The molecular weight excluding hydrogens is 178 g/mol. The highest BCUT2D eigenvalue weighted by molar-refractivity contribution is 5.37. The van der Waals surface area contributed by atoms with Crippen molar-refractivity contribution in [3.63, 3.8) is 0 Å². The van der Waals surface area contributed by atoms with Crippen molar-refractivity contribution in [3.8, 4) is 5.88 Å². The van der Waals surface area contributed by atoms with Crippen molar-refractivity contribution in [3.05, 3.63) is 11.3 Å². The first-order valence-electron chi connectivity index (χ1n) is 4.98. The summed E-state index contributed by atoms with van der Waals surface area (Å²) in [5, 5.41) is 7.81. The number of hydrogen-bond donors (Lipinski definition) is 1. The van der Waals surface area contributed by atoms with Crippen LogP contribution < -0.4 is 10.1 Å². The van der Waals surface area contributed by atoms with Gasteiger partial charge in [-0.1, -0.05) is 13.8 Å². The van der Waals surface area contributed by atoms with Gasteiger partial charge in [-0.3, -0.25) is 4.68 Å². The lowest BCUT2D eigenvalue weighted by Gasteiger charge is -2.16. The second-order valence-corrected chi connectivity index (χ2v) is 4.10. The van der Waals surface area contributed by atoms with E-state index in [0.29, 0.717) is 12.0 Å².